The van der Waals surface area contributed by atoms with E-state index in [-0.39, 0.29) is 11.9 Å². The summed E-state index contributed by atoms with van der Waals surface area (Å²) in [5, 5.41) is 11.2. The SMILES string of the molecule is COC[C@@H](C)NC(=O)c1ccccc1SC(C)C(=O)O. The number of amides is 1. The third-order valence-corrected chi connectivity index (χ3v) is 3.74. The van der Waals surface area contributed by atoms with Gasteiger partial charge in [0.15, 0.2) is 0 Å². The summed E-state index contributed by atoms with van der Waals surface area (Å²) < 4.78 is 4.97. The van der Waals surface area contributed by atoms with Crippen LogP contribution in [0, 0.1) is 0 Å². The molecule has 0 heterocycles. The second-order valence-corrected chi connectivity index (χ2v) is 5.81. The first-order valence-electron chi connectivity index (χ1n) is 6.24. The van der Waals surface area contributed by atoms with E-state index in [0.717, 1.165) is 11.8 Å². The molecule has 0 saturated heterocycles. The second-order valence-electron chi connectivity index (χ2n) is 4.42. The maximum atomic E-state index is 12.2. The second kappa shape index (κ2) is 7.91. The van der Waals surface area contributed by atoms with E-state index in [1.54, 1.807) is 38.3 Å². The van der Waals surface area contributed by atoms with E-state index in [9.17, 15) is 9.59 Å². The van der Waals surface area contributed by atoms with E-state index in [0.29, 0.717) is 17.1 Å². The highest BCUT2D eigenvalue weighted by molar-refractivity contribution is 8.00. The van der Waals surface area contributed by atoms with Crippen LogP contribution in [0.25, 0.3) is 0 Å². The van der Waals surface area contributed by atoms with Crippen LogP contribution in [0.15, 0.2) is 29.2 Å². The third-order valence-electron chi connectivity index (χ3n) is 2.58. The smallest absolute Gasteiger partial charge is 0.316 e. The maximum Gasteiger partial charge on any atom is 0.316 e. The van der Waals surface area contributed by atoms with Crippen molar-refractivity contribution < 1.29 is 19.4 Å². The molecule has 0 spiro atoms. The minimum absolute atomic E-state index is 0.109. The summed E-state index contributed by atoms with van der Waals surface area (Å²) in [6, 6.07) is 6.87. The van der Waals surface area contributed by atoms with Gasteiger partial charge in [0, 0.05) is 18.0 Å². The van der Waals surface area contributed by atoms with Crippen LogP contribution in [-0.4, -0.2) is 42.0 Å². The molecule has 1 amide bonds. The standard InChI is InChI=1S/C14H19NO4S/c1-9(8-19-3)15-13(16)11-6-4-5-7-12(11)20-10(2)14(17)18/h4-7,9-10H,8H2,1-3H3,(H,15,16)(H,17,18)/t9-,10?/m1/s1. The van der Waals surface area contributed by atoms with Crippen LogP contribution < -0.4 is 5.32 Å². The fraction of sp³-hybridized carbons (Fsp3) is 0.429. The predicted octanol–water partition coefficient (Wildman–Crippen LogP) is 2.02. The average Bonchev–Trinajstić information content (AvgIpc) is 2.39. The Balaban J connectivity index is 2.84. The minimum Gasteiger partial charge on any atom is -0.480 e. The van der Waals surface area contributed by atoms with Crippen LogP contribution in [0.1, 0.15) is 24.2 Å². The van der Waals surface area contributed by atoms with Gasteiger partial charge in [0.05, 0.1) is 12.2 Å². The molecule has 0 aromatic heterocycles. The third kappa shape index (κ3) is 4.86. The molecule has 0 saturated carbocycles. The van der Waals surface area contributed by atoms with E-state index in [1.807, 2.05) is 6.92 Å². The molecule has 0 aliphatic rings. The van der Waals surface area contributed by atoms with Gasteiger partial charge in [-0.15, -0.1) is 11.8 Å². The summed E-state index contributed by atoms with van der Waals surface area (Å²) in [6.45, 7) is 3.86. The Morgan fingerprint density at radius 3 is 2.60 bits per heavy atom. The molecule has 20 heavy (non-hydrogen) atoms. The Hall–Kier alpha value is -1.53. The Labute approximate surface area is 122 Å². The van der Waals surface area contributed by atoms with Crippen molar-refractivity contribution in [3.05, 3.63) is 29.8 Å². The maximum absolute atomic E-state index is 12.2. The van der Waals surface area contributed by atoms with Crippen molar-refractivity contribution in [3.8, 4) is 0 Å². The molecule has 0 aliphatic carbocycles. The van der Waals surface area contributed by atoms with Gasteiger partial charge in [-0.3, -0.25) is 9.59 Å². The number of nitrogens with one attached hydrogen (secondary N) is 1. The van der Waals surface area contributed by atoms with Crippen LogP contribution in [0.2, 0.25) is 0 Å². The van der Waals surface area contributed by atoms with Crippen molar-refractivity contribution >= 4 is 23.6 Å². The number of carboxylic acids is 1. The highest BCUT2D eigenvalue weighted by Crippen LogP contribution is 2.27. The first-order valence-corrected chi connectivity index (χ1v) is 7.12. The van der Waals surface area contributed by atoms with Gasteiger partial charge in [0.25, 0.3) is 5.91 Å². The lowest BCUT2D eigenvalue weighted by Gasteiger charge is -2.15. The zero-order valence-corrected chi connectivity index (χ0v) is 12.6. The van der Waals surface area contributed by atoms with Crippen molar-refractivity contribution in [2.24, 2.45) is 0 Å². The van der Waals surface area contributed by atoms with Crippen LogP contribution in [0.5, 0.6) is 0 Å². The molecule has 0 bridgehead atoms. The van der Waals surface area contributed by atoms with Gasteiger partial charge < -0.3 is 15.2 Å². The van der Waals surface area contributed by atoms with Crippen molar-refractivity contribution in [1.82, 2.24) is 5.32 Å². The van der Waals surface area contributed by atoms with Gasteiger partial charge in [0.2, 0.25) is 0 Å². The number of rotatable bonds is 7. The summed E-state index contributed by atoms with van der Waals surface area (Å²) in [6.07, 6.45) is 0. The zero-order valence-electron chi connectivity index (χ0n) is 11.8. The van der Waals surface area contributed by atoms with Crippen LogP contribution in [0.3, 0.4) is 0 Å². The predicted molar refractivity (Wildman–Crippen MR) is 78.2 cm³/mol. The zero-order chi connectivity index (χ0) is 15.1. The molecule has 2 N–H and O–H groups in total. The monoisotopic (exact) mass is 297 g/mol. The Bertz CT molecular complexity index is 478. The summed E-state index contributed by atoms with van der Waals surface area (Å²) in [7, 11) is 1.57. The first-order chi connectivity index (χ1) is 9.45. The van der Waals surface area contributed by atoms with Crippen LogP contribution >= 0.6 is 11.8 Å². The van der Waals surface area contributed by atoms with E-state index in [1.165, 1.54) is 0 Å². The molecule has 1 rings (SSSR count). The van der Waals surface area contributed by atoms with E-state index < -0.39 is 11.2 Å². The fourth-order valence-electron chi connectivity index (χ4n) is 1.59. The van der Waals surface area contributed by atoms with Crippen molar-refractivity contribution in [1.29, 1.82) is 0 Å². The van der Waals surface area contributed by atoms with Gasteiger partial charge in [-0.25, -0.2) is 0 Å². The Morgan fingerprint density at radius 1 is 1.35 bits per heavy atom. The number of aliphatic carboxylic acids is 1. The lowest BCUT2D eigenvalue weighted by molar-refractivity contribution is -0.136. The molecule has 110 valence electrons. The van der Waals surface area contributed by atoms with Gasteiger partial charge >= 0.3 is 5.97 Å². The van der Waals surface area contributed by atoms with Crippen molar-refractivity contribution in [3.63, 3.8) is 0 Å². The number of carbonyl (C=O) groups is 2. The summed E-state index contributed by atoms with van der Waals surface area (Å²) >= 11 is 1.16. The molecule has 5 nitrogen and oxygen atoms in total. The number of ether oxygens (including phenoxy) is 1. The highest BCUT2D eigenvalue weighted by Gasteiger charge is 2.18. The molecular weight excluding hydrogens is 278 g/mol. The molecule has 1 aromatic carbocycles. The normalized spacial score (nSPS) is 13.6. The Kier molecular flexibility index (Phi) is 6.54. The molecule has 0 radical (unpaired) electrons. The minimum atomic E-state index is -0.905. The number of thioether (sulfide) groups is 1. The van der Waals surface area contributed by atoms with E-state index in [4.69, 9.17) is 9.84 Å². The average molecular weight is 297 g/mol. The van der Waals surface area contributed by atoms with E-state index in [2.05, 4.69) is 5.32 Å². The van der Waals surface area contributed by atoms with Crippen LogP contribution in [0.4, 0.5) is 0 Å². The fourth-order valence-corrected chi connectivity index (χ4v) is 2.52. The number of carbonyl (C=O) groups excluding carboxylic acids is 1. The number of carboxylic acid groups (broad SMARTS) is 1. The molecule has 1 unspecified atom stereocenters. The van der Waals surface area contributed by atoms with Gasteiger partial charge in [-0.05, 0) is 26.0 Å². The highest BCUT2D eigenvalue weighted by atomic mass is 32.2. The molecule has 0 fully saturated rings. The molecule has 2 atom stereocenters. The van der Waals surface area contributed by atoms with Gasteiger partial charge in [0.1, 0.15) is 5.25 Å². The number of methoxy groups -OCH3 is 1. The summed E-state index contributed by atoms with van der Waals surface area (Å²) in [4.78, 5) is 23.7. The first kappa shape index (κ1) is 16.5. The van der Waals surface area contributed by atoms with E-state index >= 15 is 0 Å². The molecule has 0 aliphatic heterocycles. The van der Waals surface area contributed by atoms with Gasteiger partial charge in [-0.1, -0.05) is 12.1 Å². The molecular formula is C14H19NO4S. The largest absolute Gasteiger partial charge is 0.480 e. The summed E-state index contributed by atoms with van der Waals surface area (Å²) in [5.41, 5.74) is 0.480. The molecule has 1 aromatic rings. The topological polar surface area (TPSA) is 75.6 Å². The summed E-state index contributed by atoms with van der Waals surface area (Å²) in [5.74, 6) is -1.13. The van der Waals surface area contributed by atoms with Crippen molar-refractivity contribution in [2.75, 3.05) is 13.7 Å². The lowest BCUT2D eigenvalue weighted by Crippen LogP contribution is -2.35. The van der Waals surface area contributed by atoms with Gasteiger partial charge in [-0.2, -0.15) is 0 Å². The number of hydrogen-bond acceptors (Lipinski definition) is 4. The Morgan fingerprint density at radius 2 is 2.00 bits per heavy atom. The van der Waals surface area contributed by atoms with Crippen molar-refractivity contribution in [2.45, 2.75) is 30.0 Å². The number of benzene rings is 1. The molecule has 6 heteroatoms. The van der Waals surface area contributed by atoms with Crippen LogP contribution in [-0.2, 0) is 9.53 Å². The number of hydrogen-bond donors (Lipinski definition) is 2. The quantitative estimate of drug-likeness (QED) is 0.753. The lowest BCUT2D eigenvalue weighted by atomic mass is 10.2.